The number of benzene rings is 2. The Hall–Kier alpha value is -5.31. The molecule has 3 aliphatic rings. The molecule has 4 atom stereocenters. The van der Waals surface area contributed by atoms with Gasteiger partial charge in [0.25, 0.3) is 5.91 Å². The van der Waals surface area contributed by atoms with Gasteiger partial charge in [0.05, 0.1) is 29.6 Å². The van der Waals surface area contributed by atoms with Gasteiger partial charge in [-0.2, -0.15) is 0 Å². The van der Waals surface area contributed by atoms with Crippen LogP contribution in [0.3, 0.4) is 0 Å². The smallest absolute Gasteiger partial charge is 0.324 e. The second-order valence-electron chi connectivity index (χ2n) is 18.3. The number of nitrogens with zero attached hydrogens (tertiary/aromatic N) is 4. The number of phenols is 1. The van der Waals surface area contributed by atoms with Crippen LogP contribution in [0, 0.1) is 11.3 Å². The number of cyclic esters (lactones) is 1. The average Bonchev–Trinajstić information content (AvgIpc) is 3.92. The molecule has 1 saturated carbocycles. The van der Waals surface area contributed by atoms with Crippen LogP contribution in [0.5, 0.6) is 5.75 Å². The van der Waals surface area contributed by atoms with Crippen LogP contribution in [0.1, 0.15) is 90.2 Å². The van der Waals surface area contributed by atoms with Crippen LogP contribution in [0.25, 0.3) is 33.3 Å². The van der Waals surface area contributed by atoms with Crippen molar-refractivity contribution in [2.45, 2.75) is 116 Å². The molecule has 14 heteroatoms. The normalized spacial score (nSPS) is 21.0. The fourth-order valence-electron chi connectivity index (χ4n) is 9.08. The first-order valence-electron chi connectivity index (χ1n) is 21.5. The van der Waals surface area contributed by atoms with Gasteiger partial charge in [0.1, 0.15) is 23.9 Å². The zero-order valence-corrected chi connectivity index (χ0v) is 36.7. The van der Waals surface area contributed by atoms with E-state index in [0.717, 1.165) is 44.5 Å². The summed E-state index contributed by atoms with van der Waals surface area (Å²) in [6.07, 6.45) is 4.15. The van der Waals surface area contributed by atoms with Crippen LogP contribution in [0.15, 0.2) is 54.7 Å². The van der Waals surface area contributed by atoms with E-state index in [0.29, 0.717) is 50.8 Å². The number of aryl methyl sites for hydroxylation is 1. The summed E-state index contributed by atoms with van der Waals surface area (Å²) in [6, 6.07) is 12.7. The van der Waals surface area contributed by atoms with Crippen LogP contribution in [-0.4, -0.2) is 99.2 Å². The van der Waals surface area contributed by atoms with Gasteiger partial charge in [-0.25, -0.2) is 5.43 Å². The van der Waals surface area contributed by atoms with Crippen molar-refractivity contribution in [2.24, 2.45) is 17.1 Å². The summed E-state index contributed by atoms with van der Waals surface area (Å²) in [7, 11) is 3.25. The molecule has 2 aromatic heterocycles. The van der Waals surface area contributed by atoms with E-state index in [1.807, 2.05) is 39.0 Å². The molecule has 3 amide bonds. The van der Waals surface area contributed by atoms with Crippen LogP contribution >= 0.6 is 0 Å². The zero-order chi connectivity index (χ0) is 44.0. The minimum absolute atomic E-state index is 0.00299. The molecule has 2 aromatic carbocycles. The number of phenolic OH excluding ortho intramolecular Hbond substituents is 1. The van der Waals surface area contributed by atoms with Crippen molar-refractivity contribution in [3.05, 3.63) is 71.5 Å². The predicted octanol–water partition coefficient (Wildman–Crippen LogP) is 5.43. The van der Waals surface area contributed by atoms with E-state index in [4.69, 9.17) is 20.2 Å². The maximum atomic E-state index is 14.6. The molecule has 326 valence electrons. The van der Waals surface area contributed by atoms with Crippen molar-refractivity contribution >= 4 is 34.6 Å². The Labute approximate surface area is 358 Å². The van der Waals surface area contributed by atoms with Crippen LogP contribution in [0.4, 0.5) is 0 Å². The number of likely N-dealkylation sites (N-methyl/N-ethyl adjacent to an activating group) is 1. The monoisotopic (exact) mass is 835 g/mol. The number of rotatable bonds is 9. The molecule has 1 unspecified atom stereocenters. The van der Waals surface area contributed by atoms with Gasteiger partial charge >= 0.3 is 5.97 Å². The summed E-state index contributed by atoms with van der Waals surface area (Å²) >= 11 is 0. The molecule has 2 aliphatic heterocycles. The summed E-state index contributed by atoms with van der Waals surface area (Å²) in [6.45, 7) is 13.0. The minimum atomic E-state index is -1.13. The second kappa shape index (κ2) is 17.2. The summed E-state index contributed by atoms with van der Waals surface area (Å²) in [5.41, 5.74) is 14.9. The molecule has 2 fully saturated rings. The van der Waals surface area contributed by atoms with Crippen LogP contribution in [-0.2, 0) is 48.0 Å². The Morgan fingerprint density at radius 1 is 1.11 bits per heavy atom. The first-order valence-corrected chi connectivity index (χ1v) is 21.5. The second-order valence-corrected chi connectivity index (χ2v) is 18.3. The Bertz CT molecular complexity index is 2330. The minimum Gasteiger partial charge on any atom is -0.508 e. The third kappa shape index (κ3) is 8.89. The number of amides is 3. The van der Waals surface area contributed by atoms with Gasteiger partial charge in [0.2, 0.25) is 11.8 Å². The quantitative estimate of drug-likeness (QED) is 0.159. The lowest BCUT2D eigenvalue weighted by atomic mass is 9.84. The maximum absolute atomic E-state index is 14.6. The molecule has 6 bridgehead atoms. The van der Waals surface area contributed by atoms with E-state index in [9.17, 15) is 24.3 Å². The van der Waals surface area contributed by atoms with Crippen molar-refractivity contribution in [3.8, 4) is 28.1 Å². The molecule has 14 nitrogen and oxygen atoms in total. The number of nitrogens with one attached hydrogen (secondary N) is 2. The number of esters is 1. The van der Waals surface area contributed by atoms with Gasteiger partial charge in [0.15, 0.2) is 0 Å². The van der Waals surface area contributed by atoms with Crippen molar-refractivity contribution in [2.75, 3.05) is 27.3 Å². The van der Waals surface area contributed by atoms with E-state index in [-0.39, 0.29) is 36.7 Å². The van der Waals surface area contributed by atoms with E-state index < -0.39 is 46.9 Å². The number of methoxy groups -OCH3 is 1. The number of nitrogens with two attached hydrogens (primary N) is 1. The van der Waals surface area contributed by atoms with Gasteiger partial charge < -0.3 is 35.1 Å². The maximum Gasteiger partial charge on any atom is 0.324 e. The highest BCUT2D eigenvalue weighted by molar-refractivity contribution is 5.97. The molecule has 7 rings (SSSR count). The lowest BCUT2D eigenvalue weighted by molar-refractivity contribution is -0.155. The summed E-state index contributed by atoms with van der Waals surface area (Å²) in [4.78, 5) is 62.2. The Kier molecular flexibility index (Phi) is 12.4. The zero-order valence-electron chi connectivity index (χ0n) is 36.7. The fraction of sp³-hybridized carbons (Fsp3) is 0.511. The van der Waals surface area contributed by atoms with Crippen LogP contribution < -0.4 is 16.5 Å². The molecule has 0 spiro atoms. The molecule has 1 aliphatic carbocycles. The lowest BCUT2D eigenvalue weighted by Gasteiger charge is -2.37. The van der Waals surface area contributed by atoms with Gasteiger partial charge in [-0.05, 0) is 111 Å². The largest absolute Gasteiger partial charge is 0.508 e. The molecular formula is C47H61N7O7. The van der Waals surface area contributed by atoms with Gasteiger partial charge in [-0.15, -0.1) is 0 Å². The number of carbonyl (C=O) groups is 4. The standard InChI is InChI=1S/C47H61N7O7/c1-9-53-38-15-14-30-24-34(38)35(41(53)33-12-10-18-49-39(33)28(4)60-8)25-46(5,6)26-61-44(58)36-13-11-19-54(51-36)43(57)37(22-29-20-31(30)23-32(55)21-29)50-42(56)40(27(2)3)52(7)45(59)47(48)16-17-47/h10,12,14-15,18,20-21,23-24,27-28,36-37,40,51,55H,9,11,13,16-17,19,22,25-26,48H2,1-8H3,(H,50,56)/t28-,36-,37-,40?/m0/s1. The number of ether oxygens (including phenoxy) is 2. The third-order valence-electron chi connectivity index (χ3n) is 12.5. The Balaban J connectivity index is 1.36. The highest BCUT2D eigenvalue weighted by Gasteiger charge is 2.50. The van der Waals surface area contributed by atoms with Crippen molar-refractivity contribution < 1.29 is 33.8 Å². The average molecular weight is 836 g/mol. The number of carbonyl (C=O) groups excluding carboxylic acids is 4. The third-order valence-corrected chi connectivity index (χ3v) is 12.5. The molecule has 61 heavy (non-hydrogen) atoms. The lowest BCUT2D eigenvalue weighted by Crippen LogP contribution is -2.62. The van der Waals surface area contributed by atoms with Gasteiger partial charge in [-0.3, -0.25) is 29.2 Å². The van der Waals surface area contributed by atoms with Crippen LogP contribution in [0.2, 0.25) is 0 Å². The van der Waals surface area contributed by atoms with Gasteiger partial charge in [0, 0.05) is 61.7 Å². The van der Waals surface area contributed by atoms with Gasteiger partial charge in [-0.1, -0.05) is 39.8 Å². The highest BCUT2D eigenvalue weighted by atomic mass is 16.5. The molecule has 4 aromatic rings. The van der Waals surface area contributed by atoms with E-state index in [1.165, 1.54) is 9.91 Å². The Morgan fingerprint density at radius 2 is 1.87 bits per heavy atom. The molecule has 4 heterocycles. The number of hydrazine groups is 1. The first-order chi connectivity index (χ1) is 28.9. The van der Waals surface area contributed by atoms with E-state index in [2.05, 4.69) is 54.3 Å². The van der Waals surface area contributed by atoms with E-state index >= 15 is 0 Å². The molecule has 1 saturated heterocycles. The highest BCUT2D eigenvalue weighted by Crippen LogP contribution is 2.42. The molecular weight excluding hydrogens is 775 g/mol. The van der Waals surface area contributed by atoms with Crippen molar-refractivity contribution in [1.29, 1.82) is 0 Å². The summed E-state index contributed by atoms with van der Waals surface area (Å²) in [5.74, 6) is -2.04. The molecule has 0 radical (unpaired) electrons. The summed E-state index contributed by atoms with van der Waals surface area (Å²) in [5, 5.41) is 16.6. The summed E-state index contributed by atoms with van der Waals surface area (Å²) < 4.78 is 14.2. The Morgan fingerprint density at radius 3 is 2.56 bits per heavy atom. The molecule has 5 N–H and O–H groups in total. The first kappa shape index (κ1) is 43.8. The van der Waals surface area contributed by atoms with Crippen molar-refractivity contribution in [3.63, 3.8) is 0 Å². The number of hydrogen-bond donors (Lipinski definition) is 4. The number of pyridine rings is 1. The van der Waals surface area contributed by atoms with Crippen molar-refractivity contribution in [1.82, 2.24) is 30.2 Å². The SMILES string of the molecule is CCn1c(-c2cccnc2[C@H](C)OC)c2c3cc(ccc31)-c1cc(O)cc(c1)C[C@H](NC(=O)C(C(C)C)N(C)C(=O)C1(N)CC1)C(=O)N1CCC[C@H](N1)C(=O)OCC(C)(C)C2. The topological polar surface area (TPSA) is 181 Å². The number of hydrogen-bond acceptors (Lipinski definition) is 10. The number of aromatic hydroxyl groups is 1. The predicted molar refractivity (Wildman–Crippen MR) is 233 cm³/mol. The number of aromatic nitrogens is 2. The fourth-order valence-corrected chi connectivity index (χ4v) is 9.08. The number of fused-ring (bicyclic) bond motifs is 6. The van der Waals surface area contributed by atoms with E-state index in [1.54, 1.807) is 32.5 Å².